The highest BCUT2D eigenvalue weighted by Crippen LogP contribution is 2.26. The van der Waals surface area contributed by atoms with E-state index in [-0.39, 0.29) is 16.6 Å². The van der Waals surface area contributed by atoms with Crippen LogP contribution < -0.4 is 16.2 Å². The van der Waals surface area contributed by atoms with Gasteiger partial charge in [-0.15, -0.1) is 0 Å². The molecule has 0 aliphatic heterocycles. The Balaban J connectivity index is 1.56. The maximum Gasteiger partial charge on any atom is 0.252 e. The Hall–Kier alpha value is -4.16. The zero-order valence-electron chi connectivity index (χ0n) is 20.2. The SMILES string of the molecule is C[C@@H](Nc1cc(=O)n(C)c2ccc(Cc3ccnc(Cl)c3C#N)cc12)C(=O)NCCc1cnn(C)c1. The van der Waals surface area contributed by atoms with Gasteiger partial charge >= 0.3 is 0 Å². The molecule has 0 aliphatic rings. The number of carbonyl (C=O) groups is 1. The standard InChI is InChI=1S/C26H26ClN7O2/c1-16(26(36)30-8-6-18-14-31-33(2)15-18)32-22-12-24(35)34(3)23-5-4-17(11-20(22)23)10-19-7-9-29-25(27)21(19)13-28/h4-5,7,9,11-12,14-16,32H,6,8,10H2,1-3H3,(H,30,36)/t16-/m1/s1. The van der Waals surface area contributed by atoms with E-state index in [2.05, 4.69) is 26.8 Å². The summed E-state index contributed by atoms with van der Waals surface area (Å²) < 4.78 is 3.29. The zero-order valence-corrected chi connectivity index (χ0v) is 21.0. The summed E-state index contributed by atoms with van der Waals surface area (Å²) in [6.07, 6.45) is 6.40. The predicted octanol–water partition coefficient (Wildman–Crippen LogP) is 2.94. The number of benzene rings is 1. The summed E-state index contributed by atoms with van der Waals surface area (Å²) in [7, 11) is 3.56. The van der Waals surface area contributed by atoms with Crippen LogP contribution >= 0.6 is 11.6 Å². The number of amides is 1. The maximum absolute atomic E-state index is 12.7. The first-order valence-electron chi connectivity index (χ1n) is 11.4. The second-order valence-electron chi connectivity index (χ2n) is 8.66. The fraction of sp³-hybridized carbons (Fsp3) is 0.269. The second-order valence-corrected chi connectivity index (χ2v) is 9.02. The molecule has 10 heteroatoms. The third-order valence-electron chi connectivity index (χ3n) is 6.04. The van der Waals surface area contributed by atoms with Crippen LogP contribution in [0.15, 0.2) is 53.7 Å². The molecule has 1 atom stereocenters. The molecule has 3 aromatic heterocycles. The molecule has 1 amide bonds. The third kappa shape index (κ3) is 5.39. The lowest BCUT2D eigenvalue weighted by atomic mass is 10.00. The van der Waals surface area contributed by atoms with Gasteiger partial charge in [0.1, 0.15) is 17.3 Å². The van der Waals surface area contributed by atoms with Gasteiger partial charge < -0.3 is 15.2 Å². The summed E-state index contributed by atoms with van der Waals surface area (Å²) in [5.41, 5.74) is 4.18. The minimum atomic E-state index is -0.568. The molecule has 0 radical (unpaired) electrons. The van der Waals surface area contributed by atoms with Crippen LogP contribution in [0.25, 0.3) is 10.9 Å². The average molecular weight is 504 g/mol. The molecular formula is C26H26ClN7O2. The van der Waals surface area contributed by atoms with Crippen LogP contribution in [0.5, 0.6) is 0 Å². The quantitative estimate of drug-likeness (QED) is 0.357. The van der Waals surface area contributed by atoms with Gasteiger partial charge in [-0.1, -0.05) is 17.7 Å². The van der Waals surface area contributed by atoms with Gasteiger partial charge in [0.05, 0.1) is 17.3 Å². The van der Waals surface area contributed by atoms with Crippen LogP contribution in [0.1, 0.15) is 29.2 Å². The van der Waals surface area contributed by atoms with E-state index in [9.17, 15) is 14.9 Å². The van der Waals surface area contributed by atoms with Gasteiger partial charge in [0.2, 0.25) is 5.91 Å². The Morgan fingerprint density at radius 3 is 2.75 bits per heavy atom. The van der Waals surface area contributed by atoms with Gasteiger partial charge in [-0.05, 0) is 54.7 Å². The molecule has 0 saturated heterocycles. The van der Waals surface area contributed by atoms with E-state index in [0.29, 0.717) is 30.6 Å². The van der Waals surface area contributed by atoms with Crippen molar-refractivity contribution in [3.05, 3.63) is 86.7 Å². The highest BCUT2D eigenvalue weighted by Gasteiger charge is 2.16. The normalized spacial score (nSPS) is 11.8. The van der Waals surface area contributed by atoms with Crippen molar-refractivity contribution in [2.24, 2.45) is 14.1 Å². The van der Waals surface area contributed by atoms with Crippen molar-refractivity contribution in [1.82, 2.24) is 24.6 Å². The number of rotatable bonds is 8. The van der Waals surface area contributed by atoms with Gasteiger partial charge in [0.15, 0.2) is 0 Å². The lowest BCUT2D eigenvalue weighted by Gasteiger charge is -2.18. The molecule has 36 heavy (non-hydrogen) atoms. The fourth-order valence-corrected chi connectivity index (χ4v) is 4.30. The van der Waals surface area contributed by atoms with E-state index in [1.807, 2.05) is 31.4 Å². The number of halogens is 1. The van der Waals surface area contributed by atoms with Gasteiger partial charge in [0, 0.05) is 50.2 Å². The minimum absolute atomic E-state index is 0.170. The largest absolute Gasteiger partial charge is 0.373 e. The first-order chi connectivity index (χ1) is 17.3. The van der Waals surface area contributed by atoms with Crippen LogP contribution in [0, 0.1) is 11.3 Å². The summed E-state index contributed by atoms with van der Waals surface area (Å²) in [4.78, 5) is 29.3. The summed E-state index contributed by atoms with van der Waals surface area (Å²) in [5, 5.41) is 20.7. The van der Waals surface area contributed by atoms with Gasteiger partial charge in [-0.2, -0.15) is 10.4 Å². The van der Waals surface area contributed by atoms with Crippen molar-refractivity contribution in [3.8, 4) is 6.07 Å². The third-order valence-corrected chi connectivity index (χ3v) is 6.33. The number of nitriles is 1. The van der Waals surface area contributed by atoms with Crippen molar-refractivity contribution in [2.45, 2.75) is 25.8 Å². The Kier molecular flexibility index (Phi) is 7.36. The molecule has 0 aliphatic carbocycles. The highest BCUT2D eigenvalue weighted by molar-refractivity contribution is 6.30. The fourth-order valence-electron chi connectivity index (χ4n) is 4.08. The monoisotopic (exact) mass is 503 g/mol. The van der Waals surface area contributed by atoms with E-state index in [4.69, 9.17) is 11.6 Å². The minimum Gasteiger partial charge on any atom is -0.373 e. The predicted molar refractivity (Wildman–Crippen MR) is 139 cm³/mol. The molecule has 0 saturated carbocycles. The lowest BCUT2D eigenvalue weighted by Crippen LogP contribution is -2.38. The van der Waals surface area contributed by atoms with Crippen LogP contribution in [-0.4, -0.2) is 37.8 Å². The van der Waals surface area contributed by atoms with Crippen molar-refractivity contribution < 1.29 is 4.79 Å². The first kappa shape index (κ1) is 24.9. The topological polar surface area (TPSA) is 118 Å². The number of hydrogen-bond donors (Lipinski definition) is 2. The number of aromatic nitrogens is 4. The smallest absolute Gasteiger partial charge is 0.252 e. The lowest BCUT2D eigenvalue weighted by molar-refractivity contribution is -0.121. The van der Waals surface area contributed by atoms with E-state index >= 15 is 0 Å². The second kappa shape index (κ2) is 10.6. The molecule has 9 nitrogen and oxygen atoms in total. The molecule has 4 aromatic rings. The molecule has 0 fully saturated rings. The van der Waals surface area contributed by atoms with E-state index in [0.717, 1.165) is 27.6 Å². The summed E-state index contributed by atoms with van der Waals surface area (Å²) >= 11 is 6.09. The Labute approximate surface area is 213 Å². The van der Waals surface area contributed by atoms with Gasteiger partial charge in [-0.25, -0.2) is 4.98 Å². The average Bonchev–Trinajstić information content (AvgIpc) is 3.27. The number of hydrogen-bond acceptors (Lipinski definition) is 6. The van der Waals surface area contributed by atoms with Crippen molar-refractivity contribution in [2.75, 3.05) is 11.9 Å². The molecule has 3 heterocycles. The van der Waals surface area contributed by atoms with E-state index in [1.54, 1.807) is 41.7 Å². The highest BCUT2D eigenvalue weighted by atomic mass is 35.5. The first-order valence-corrected chi connectivity index (χ1v) is 11.8. The number of anilines is 1. The van der Waals surface area contributed by atoms with Crippen molar-refractivity contribution in [3.63, 3.8) is 0 Å². The molecule has 0 unspecified atom stereocenters. The molecule has 4 rings (SSSR count). The van der Waals surface area contributed by atoms with Gasteiger partial charge in [0.25, 0.3) is 5.56 Å². The van der Waals surface area contributed by atoms with E-state index in [1.165, 1.54) is 6.07 Å². The van der Waals surface area contributed by atoms with Gasteiger partial charge in [-0.3, -0.25) is 14.3 Å². The molecule has 0 bridgehead atoms. The number of fused-ring (bicyclic) bond motifs is 1. The van der Waals surface area contributed by atoms with Crippen molar-refractivity contribution >= 4 is 34.1 Å². The van der Waals surface area contributed by atoms with Crippen LogP contribution in [0.2, 0.25) is 5.15 Å². The molecule has 1 aromatic carbocycles. The van der Waals surface area contributed by atoms with Crippen molar-refractivity contribution in [1.29, 1.82) is 5.26 Å². The number of aryl methyl sites for hydroxylation is 2. The Bertz CT molecular complexity index is 1530. The number of nitrogens with one attached hydrogen (secondary N) is 2. The molecule has 2 N–H and O–H groups in total. The number of nitrogens with zero attached hydrogens (tertiary/aromatic N) is 5. The Morgan fingerprint density at radius 2 is 2.03 bits per heavy atom. The van der Waals surface area contributed by atoms with Crippen LogP contribution in [-0.2, 0) is 31.7 Å². The summed E-state index contributed by atoms with van der Waals surface area (Å²) in [5.74, 6) is -0.172. The summed E-state index contributed by atoms with van der Waals surface area (Å²) in [6.45, 7) is 2.23. The van der Waals surface area contributed by atoms with E-state index < -0.39 is 6.04 Å². The van der Waals surface area contributed by atoms with Crippen LogP contribution in [0.4, 0.5) is 5.69 Å². The van der Waals surface area contributed by atoms with Crippen LogP contribution in [0.3, 0.4) is 0 Å². The molecule has 0 spiro atoms. The maximum atomic E-state index is 12.7. The number of carbonyl (C=O) groups excluding carboxylic acids is 1. The molecular weight excluding hydrogens is 478 g/mol. The number of pyridine rings is 2. The molecule has 184 valence electrons. The zero-order chi connectivity index (χ0) is 25.8. The Morgan fingerprint density at radius 1 is 1.22 bits per heavy atom. The summed E-state index contributed by atoms with van der Waals surface area (Å²) in [6, 6.07) is 10.5.